The molecule has 1 amide bonds. The summed E-state index contributed by atoms with van der Waals surface area (Å²) >= 11 is 3.47. The lowest BCUT2D eigenvalue weighted by molar-refractivity contribution is -0.122. The Labute approximate surface area is 146 Å². The minimum atomic E-state index is 0. The molecule has 1 fully saturated rings. The Kier molecular flexibility index (Phi) is 8.21. The second-order valence-electron chi connectivity index (χ2n) is 5.68. The van der Waals surface area contributed by atoms with Crippen LogP contribution in [0.25, 0.3) is 0 Å². The highest BCUT2D eigenvalue weighted by Gasteiger charge is 2.19. The van der Waals surface area contributed by atoms with Crippen LogP contribution in [0.15, 0.2) is 22.7 Å². The number of benzene rings is 1. The average Bonchev–Trinajstić information content (AvgIpc) is 2.41. The molecule has 124 valence electrons. The summed E-state index contributed by atoms with van der Waals surface area (Å²) in [5.74, 6) is 0.848. The van der Waals surface area contributed by atoms with Gasteiger partial charge in [0, 0.05) is 12.1 Å². The minimum absolute atomic E-state index is 0. The van der Waals surface area contributed by atoms with Gasteiger partial charge in [0.2, 0.25) is 5.91 Å². The first-order chi connectivity index (χ1) is 10.0. The van der Waals surface area contributed by atoms with Gasteiger partial charge < -0.3 is 15.4 Å². The highest BCUT2D eigenvalue weighted by Crippen LogP contribution is 2.25. The second-order valence-corrected chi connectivity index (χ2v) is 6.53. The summed E-state index contributed by atoms with van der Waals surface area (Å²) in [6, 6.07) is 6.69. The number of rotatable bonds is 5. The van der Waals surface area contributed by atoms with Crippen LogP contribution in [0.1, 0.15) is 31.7 Å². The zero-order valence-corrected chi connectivity index (χ0v) is 15.4. The predicted octanol–water partition coefficient (Wildman–Crippen LogP) is 3.20. The first kappa shape index (κ1) is 19.3. The third kappa shape index (κ3) is 6.15. The van der Waals surface area contributed by atoms with Crippen LogP contribution in [0.5, 0.6) is 5.75 Å². The Morgan fingerprint density at radius 2 is 2.27 bits per heavy atom. The molecule has 2 unspecified atom stereocenters. The number of carbonyl (C=O) groups excluding carboxylic acids is 1. The Morgan fingerprint density at radius 1 is 1.50 bits per heavy atom. The summed E-state index contributed by atoms with van der Waals surface area (Å²) < 4.78 is 6.58. The van der Waals surface area contributed by atoms with E-state index in [4.69, 9.17) is 4.74 Å². The molecule has 1 aromatic rings. The molecule has 0 spiro atoms. The van der Waals surface area contributed by atoms with Gasteiger partial charge in [-0.05, 0) is 66.9 Å². The smallest absolute Gasteiger partial charge is 0.223 e. The van der Waals surface area contributed by atoms with Gasteiger partial charge in [-0.15, -0.1) is 12.4 Å². The average molecular weight is 392 g/mol. The third-order valence-corrected chi connectivity index (χ3v) is 4.28. The number of halogens is 2. The molecule has 4 nitrogen and oxygen atoms in total. The fourth-order valence-electron chi connectivity index (χ4n) is 2.54. The zero-order chi connectivity index (χ0) is 15.2. The van der Waals surface area contributed by atoms with Crippen molar-refractivity contribution >= 4 is 34.2 Å². The van der Waals surface area contributed by atoms with Gasteiger partial charge in [0.1, 0.15) is 5.75 Å². The molecule has 1 aliphatic heterocycles. The van der Waals surface area contributed by atoms with Gasteiger partial charge >= 0.3 is 0 Å². The van der Waals surface area contributed by atoms with Crippen molar-refractivity contribution in [1.29, 1.82) is 0 Å². The van der Waals surface area contributed by atoms with E-state index >= 15 is 0 Å². The maximum absolute atomic E-state index is 11.9. The molecular formula is C16H24BrClN2O2. The SMILES string of the molecule is Cc1ccc(OCCC(=O)NC2CCNC(C)C2)c(Br)c1.Cl. The minimum Gasteiger partial charge on any atom is -0.492 e. The monoisotopic (exact) mass is 390 g/mol. The Balaban J connectivity index is 0.00000242. The second kappa shape index (κ2) is 9.38. The first-order valence-electron chi connectivity index (χ1n) is 7.46. The number of hydrogen-bond acceptors (Lipinski definition) is 3. The van der Waals surface area contributed by atoms with Crippen molar-refractivity contribution in [2.75, 3.05) is 13.2 Å². The molecule has 0 saturated carbocycles. The fraction of sp³-hybridized carbons (Fsp3) is 0.562. The molecule has 0 radical (unpaired) electrons. The number of piperidine rings is 1. The molecule has 1 aliphatic rings. The standard InChI is InChI=1S/C16H23BrN2O2.ClH/c1-11-3-4-15(14(17)9-11)21-8-6-16(20)19-13-5-7-18-12(2)10-13;/h3-4,9,12-13,18H,5-8,10H2,1-2H3,(H,19,20);1H. The predicted molar refractivity (Wildman–Crippen MR) is 94.9 cm³/mol. The van der Waals surface area contributed by atoms with Crippen LogP contribution in [0.2, 0.25) is 0 Å². The van der Waals surface area contributed by atoms with E-state index in [-0.39, 0.29) is 18.3 Å². The van der Waals surface area contributed by atoms with Gasteiger partial charge in [-0.25, -0.2) is 0 Å². The summed E-state index contributed by atoms with van der Waals surface area (Å²) in [5.41, 5.74) is 1.17. The molecule has 1 saturated heterocycles. The van der Waals surface area contributed by atoms with Crippen LogP contribution >= 0.6 is 28.3 Å². The highest BCUT2D eigenvalue weighted by molar-refractivity contribution is 9.10. The number of ether oxygens (including phenoxy) is 1. The first-order valence-corrected chi connectivity index (χ1v) is 8.25. The van der Waals surface area contributed by atoms with E-state index in [2.05, 4.69) is 33.5 Å². The van der Waals surface area contributed by atoms with Gasteiger partial charge in [-0.1, -0.05) is 6.07 Å². The molecular weight excluding hydrogens is 368 g/mol. The number of carbonyl (C=O) groups is 1. The summed E-state index contributed by atoms with van der Waals surface area (Å²) in [4.78, 5) is 11.9. The summed E-state index contributed by atoms with van der Waals surface area (Å²) in [7, 11) is 0. The van der Waals surface area contributed by atoms with Crippen LogP contribution in [-0.2, 0) is 4.79 Å². The van der Waals surface area contributed by atoms with Crippen LogP contribution in [-0.4, -0.2) is 31.1 Å². The molecule has 6 heteroatoms. The number of amides is 1. The van der Waals surface area contributed by atoms with Gasteiger partial charge in [0.25, 0.3) is 0 Å². The molecule has 22 heavy (non-hydrogen) atoms. The van der Waals surface area contributed by atoms with E-state index in [0.717, 1.165) is 29.6 Å². The molecule has 2 atom stereocenters. The van der Waals surface area contributed by atoms with E-state index in [0.29, 0.717) is 25.1 Å². The van der Waals surface area contributed by atoms with Gasteiger partial charge in [0.05, 0.1) is 17.5 Å². The van der Waals surface area contributed by atoms with Crippen molar-refractivity contribution in [2.24, 2.45) is 0 Å². The van der Waals surface area contributed by atoms with Crippen molar-refractivity contribution < 1.29 is 9.53 Å². The molecule has 2 N–H and O–H groups in total. The maximum atomic E-state index is 11.9. The molecule has 0 aliphatic carbocycles. The number of aryl methyl sites for hydroxylation is 1. The Morgan fingerprint density at radius 3 is 2.95 bits per heavy atom. The summed E-state index contributed by atoms with van der Waals surface area (Å²) in [5, 5.41) is 6.47. The fourth-order valence-corrected chi connectivity index (χ4v) is 3.15. The van der Waals surface area contributed by atoms with Crippen LogP contribution in [0.3, 0.4) is 0 Å². The van der Waals surface area contributed by atoms with Gasteiger partial charge in [-0.2, -0.15) is 0 Å². The van der Waals surface area contributed by atoms with E-state index in [9.17, 15) is 4.79 Å². The van der Waals surface area contributed by atoms with Gasteiger partial charge in [0.15, 0.2) is 0 Å². The third-order valence-electron chi connectivity index (χ3n) is 3.66. The largest absolute Gasteiger partial charge is 0.492 e. The maximum Gasteiger partial charge on any atom is 0.223 e. The van der Waals surface area contributed by atoms with E-state index in [1.165, 1.54) is 5.56 Å². The Bertz CT molecular complexity index is 499. The highest BCUT2D eigenvalue weighted by atomic mass is 79.9. The molecule has 0 aromatic heterocycles. The quantitative estimate of drug-likeness (QED) is 0.810. The van der Waals surface area contributed by atoms with Crippen LogP contribution < -0.4 is 15.4 Å². The number of hydrogen-bond donors (Lipinski definition) is 2. The lowest BCUT2D eigenvalue weighted by atomic mass is 10.0. The lowest BCUT2D eigenvalue weighted by Crippen LogP contribution is -2.46. The molecule has 1 aromatic carbocycles. The number of nitrogens with one attached hydrogen (secondary N) is 2. The van der Waals surface area contributed by atoms with Crippen molar-refractivity contribution in [3.05, 3.63) is 28.2 Å². The normalized spacial score (nSPS) is 20.9. The van der Waals surface area contributed by atoms with Crippen LogP contribution in [0, 0.1) is 6.92 Å². The summed E-state index contributed by atoms with van der Waals surface area (Å²) in [6.45, 7) is 5.55. The van der Waals surface area contributed by atoms with E-state index in [1.807, 2.05) is 25.1 Å². The Hall–Kier alpha value is -0.780. The van der Waals surface area contributed by atoms with Gasteiger partial charge in [-0.3, -0.25) is 4.79 Å². The molecule has 0 bridgehead atoms. The van der Waals surface area contributed by atoms with Crippen molar-refractivity contribution in [3.8, 4) is 5.75 Å². The van der Waals surface area contributed by atoms with Crippen molar-refractivity contribution in [2.45, 2.75) is 45.2 Å². The zero-order valence-electron chi connectivity index (χ0n) is 13.0. The van der Waals surface area contributed by atoms with Crippen molar-refractivity contribution in [3.63, 3.8) is 0 Å². The topological polar surface area (TPSA) is 50.4 Å². The molecule has 2 rings (SSSR count). The van der Waals surface area contributed by atoms with E-state index in [1.54, 1.807) is 0 Å². The molecule has 1 heterocycles. The van der Waals surface area contributed by atoms with Crippen molar-refractivity contribution in [1.82, 2.24) is 10.6 Å². The van der Waals surface area contributed by atoms with E-state index < -0.39 is 0 Å². The lowest BCUT2D eigenvalue weighted by Gasteiger charge is -2.28. The van der Waals surface area contributed by atoms with Crippen LogP contribution in [0.4, 0.5) is 0 Å². The summed E-state index contributed by atoms with van der Waals surface area (Å²) in [6.07, 6.45) is 2.38.